The highest BCUT2D eigenvalue weighted by atomic mass is 16.7. The van der Waals surface area contributed by atoms with Crippen LogP contribution in [0.5, 0.6) is 0 Å². The van der Waals surface area contributed by atoms with Crippen molar-refractivity contribution in [1.29, 1.82) is 0 Å². The van der Waals surface area contributed by atoms with E-state index in [0.717, 1.165) is 25.7 Å². The molecule has 2 atom stereocenters. The first kappa shape index (κ1) is 8.89. The molecule has 2 spiro atoms. The second-order valence-electron chi connectivity index (χ2n) is 4.54. The van der Waals surface area contributed by atoms with Gasteiger partial charge in [-0.3, -0.25) is 0 Å². The molecule has 2 fully saturated rings. The lowest BCUT2D eigenvalue weighted by atomic mass is 9.77. The van der Waals surface area contributed by atoms with Crippen molar-refractivity contribution in [3.63, 3.8) is 0 Å². The van der Waals surface area contributed by atoms with Crippen molar-refractivity contribution in [2.45, 2.75) is 37.6 Å². The number of aliphatic hydroxyl groups excluding tert-OH is 1. The fourth-order valence-electron chi connectivity index (χ4n) is 3.31. The predicted molar refractivity (Wildman–Crippen MR) is 50.7 cm³/mol. The molecule has 3 rings (SSSR count). The third kappa shape index (κ3) is 0.879. The van der Waals surface area contributed by atoms with Gasteiger partial charge in [-0.25, -0.2) is 0 Å². The van der Waals surface area contributed by atoms with Gasteiger partial charge in [0, 0.05) is 6.42 Å². The average molecular weight is 196 g/mol. The van der Waals surface area contributed by atoms with E-state index in [-0.39, 0.29) is 11.5 Å². The van der Waals surface area contributed by atoms with Crippen LogP contribution >= 0.6 is 0 Å². The van der Waals surface area contributed by atoms with Crippen LogP contribution in [-0.2, 0) is 9.47 Å². The fourth-order valence-corrected chi connectivity index (χ4v) is 3.31. The minimum absolute atomic E-state index is 0.177. The average Bonchev–Trinajstić information content (AvgIpc) is 2.84. The number of hydrogen-bond donors (Lipinski definition) is 1. The van der Waals surface area contributed by atoms with Crippen molar-refractivity contribution in [1.82, 2.24) is 0 Å². The summed E-state index contributed by atoms with van der Waals surface area (Å²) >= 11 is 0. The van der Waals surface area contributed by atoms with E-state index < -0.39 is 5.79 Å². The molecule has 0 aromatic rings. The Morgan fingerprint density at radius 1 is 1.21 bits per heavy atom. The number of aliphatic hydroxyl groups is 1. The highest BCUT2D eigenvalue weighted by Gasteiger charge is 2.62. The van der Waals surface area contributed by atoms with Crippen LogP contribution < -0.4 is 0 Å². The molecule has 78 valence electrons. The molecule has 1 saturated heterocycles. The fraction of sp³-hybridized carbons (Fsp3) is 0.818. The molecule has 3 aliphatic rings. The summed E-state index contributed by atoms with van der Waals surface area (Å²) in [4.78, 5) is 0. The summed E-state index contributed by atoms with van der Waals surface area (Å²) in [5, 5.41) is 10.1. The van der Waals surface area contributed by atoms with Crippen molar-refractivity contribution in [2.75, 3.05) is 13.2 Å². The highest BCUT2D eigenvalue weighted by Crippen LogP contribution is 2.57. The quantitative estimate of drug-likeness (QED) is 0.592. The normalized spacial score (nSPS) is 44.5. The molecule has 3 heteroatoms. The standard InChI is InChI=1S/C11H16O3/c12-9-3-1-4-10(9)5-2-6-11(10)13-7-8-14-11/h1,3,9,12H,2,4-8H2/t9-,10-/m1/s1. The van der Waals surface area contributed by atoms with Crippen molar-refractivity contribution in [3.8, 4) is 0 Å². The molecule has 0 aromatic heterocycles. The third-order valence-corrected chi connectivity index (χ3v) is 4.01. The Kier molecular flexibility index (Phi) is 1.79. The highest BCUT2D eigenvalue weighted by molar-refractivity contribution is 5.18. The van der Waals surface area contributed by atoms with Crippen LogP contribution in [-0.4, -0.2) is 30.2 Å². The predicted octanol–water partition coefficient (Wildman–Crippen LogP) is 1.22. The van der Waals surface area contributed by atoms with Crippen LogP contribution in [0.15, 0.2) is 12.2 Å². The van der Waals surface area contributed by atoms with Crippen molar-refractivity contribution in [2.24, 2.45) is 5.41 Å². The number of allylic oxidation sites excluding steroid dienone is 1. The Morgan fingerprint density at radius 3 is 2.64 bits per heavy atom. The summed E-state index contributed by atoms with van der Waals surface area (Å²) in [5.74, 6) is -0.476. The van der Waals surface area contributed by atoms with Gasteiger partial charge in [0.15, 0.2) is 5.79 Å². The Balaban J connectivity index is 1.98. The van der Waals surface area contributed by atoms with Gasteiger partial charge in [-0.15, -0.1) is 0 Å². The number of ether oxygens (including phenoxy) is 2. The molecule has 3 nitrogen and oxygen atoms in total. The molecule has 1 saturated carbocycles. The van der Waals surface area contributed by atoms with Gasteiger partial charge in [0.2, 0.25) is 0 Å². The van der Waals surface area contributed by atoms with Crippen LogP contribution in [0.25, 0.3) is 0 Å². The summed E-state index contributed by atoms with van der Waals surface area (Å²) in [7, 11) is 0. The maximum absolute atomic E-state index is 10.1. The van der Waals surface area contributed by atoms with Gasteiger partial charge in [-0.1, -0.05) is 12.2 Å². The molecule has 2 aliphatic carbocycles. The number of fused-ring (bicyclic) bond motifs is 1. The van der Waals surface area contributed by atoms with Crippen LogP contribution in [0.2, 0.25) is 0 Å². The second-order valence-corrected chi connectivity index (χ2v) is 4.54. The molecule has 0 bridgehead atoms. The Bertz CT molecular complexity index is 262. The number of rotatable bonds is 0. The monoisotopic (exact) mass is 196 g/mol. The van der Waals surface area contributed by atoms with Crippen molar-refractivity contribution in [3.05, 3.63) is 12.2 Å². The van der Waals surface area contributed by atoms with Gasteiger partial charge in [-0.05, 0) is 19.3 Å². The Morgan fingerprint density at radius 2 is 2.00 bits per heavy atom. The lowest BCUT2D eigenvalue weighted by molar-refractivity contribution is -0.238. The topological polar surface area (TPSA) is 38.7 Å². The second kappa shape index (κ2) is 2.81. The lowest BCUT2D eigenvalue weighted by Gasteiger charge is -2.41. The van der Waals surface area contributed by atoms with E-state index in [1.165, 1.54) is 0 Å². The molecule has 0 radical (unpaired) electrons. The molecule has 1 heterocycles. The van der Waals surface area contributed by atoms with E-state index in [4.69, 9.17) is 9.47 Å². The van der Waals surface area contributed by atoms with E-state index in [2.05, 4.69) is 6.08 Å². The van der Waals surface area contributed by atoms with Crippen LogP contribution in [0, 0.1) is 5.41 Å². The van der Waals surface area contributed by atoms with Crippen LogP contribution in [0.4, 0.5) is 0 Å². The van der Waals surface area contributed by atoms with Crippen LogP contribution in [0.1, 0.15) is 25.7 Å². The molecule has 0 amide bonds. The van der Waals surface area contributed by atoms with Gasteiger partial charge in [0.25, 0.3) is 0 Å². The largest absolute Gasteiger partial charge is 0.388 e. The molecule has 1 aliphatic heterocycles. The zero-order chi connectivity index (χ0) is 9.65. The smallest absolute Gasteiger partial charge is 0.177 e. The van der Waals surface area contributed by atoms with Gasteiger partial charge in [-0.2, -0.15) is 0 Å². The van der Waals surface area contributed by atoms with E-state index in [0.29, 0.717) is 13.2 Å². The van der Waals surface area contributed by atoms with Gasteiger partial charge in [0.05, 0.1) is 24.7 Å². The zero-order valence-corrected chi connectivity index (χ0v) is 8.24. The van der Waals surface area contributed by atoms with Crippen molar-refractivity contribution >= 4 is 0 Å². The first-order chi connectivity index (χ1) is 6.79. The zero-order valence-electron chi connectivity index (χ0n) is 8.24. The third-order valence-electron chi connectivity index (χ3n) is 4.01. The van der Waals surface area contributed by atoms with Crippen LogP contribution in [0.3, 0.4) is 0 Å². The summed E-state index contributed by atoms with van der Waals surface area (Å²) < 4.78 is 11.6. The molecular formula is C11H16O3. The minimum Gasteiger partial charge on any atom is -0.388 e. The summed E-state index contributed by atoms with van der Waals surface area (Å²) in [5.41, 5.74) is -0.177. The van der Waals surface area contributed by atoms with Gasteiger partial charge < -0.3 is 14.6 Å². The summed E-state index contributed by atoms with van der Waals surface area (Å²) in [6.07, 6.45) is 7.50. The van der Waals surface area contributed by atoms with E-state index >= 15 is 0 Å². The minimum atomic E-state index is -0.476. The molecule has 0 aromatic carbocycles. The maximum Gasteiger partial charge on any atom is 0.177 e. The maximum atomic E-state index is 10.1. The number of hydrogen-bond acceptors (Lipinski definition) is 3. The Hall–Kier alpha value is -0.380. The van der Waals surface area contributed by atoms with Gasteiger partial charge >= 0.3 is 0 Å². The first-order valence-electron chi connectivity index (χ1n) is 5.42. The molecule has 1 N–H and O–H groups in total. The lowest BCUT2D eigenvalue weighted by Crippen LogP contribution is -2.49. The summed E-state index contributed by atoms with van der Waals surface area (Å²) in [6, 6.07) is 0. The van der Waals surface area contributed by atoms with Crippen molar-refractivity contribution < 1.29 is 14.6 Å². The molecule has 14 heavy (non-hydrogen) atoms. The first-order valence-corrected chi connectivity index (χ1v) is 5.42. The van der Waals surface area contributed by atoms with Gasteiger partial charge in [0.1, 0.15) is 0 Å². The van der Waals surface area contributed by atoms with E-state index in [1.807, 2.05) is 6.08 Å². The summed E-state index contributed by atoms with van der Waals surface area (Å²) in [6.45, 7) is 1.35. The Labute approximate surface area is 83.7 Å². The SMILES string of the molecule is O[C@@H]1C=CC[C@@]12CCCC21OCCO1. The van der Waals surface area contributed by atoms with E-state index in [1.54, 1.807) is 0 Å². The molecule has 0 unspecified atom stereocenters. The van der Waals surface area contributed by atoms with E-state index in [9.17, 15) is 5.11 Å². The molecular weight excluding hydrogens is 180 g/mol.